The second kappa shape index (κ2) is 8.37. The molecule has 0 aromatic rings. The number of epoxide rings is 2. The summed E-state index contributed by atoms with van der Waals surface area (Å²) in [6, 6.07) is 0. The summed E-state index contributed by atoms with van der Waals surface area (Å²) in [5.74, 6) is 0.0549. The largest absolute Gasteiger partial charge is 0.443 e. The van der Waals surface area contributed by atoms with E-state index in [-0.39, 0.29) is 47.4 Å². The van der Waals surface area contributed by atoms with E-state index in [1.807, 2.05) is 0 Å². The number of nitrogens with zero attached hydrogens (tertiary/aromatic N) is 2. The molecular formula is C23H36N2O6. The van der Waals surface area contributed by atoms with Crippen molar-refractivity contribution in [3.63, 3.8) is 0 Å². The van der Waals surface area contributed by atoms with Crippen molar-refractivity contribution in [3.8, 4) is 0 Å². The van der Waals surface area contributed by atoms with Crippen LogP contribution >= 0.6 is 0 Å². The van der Waals surface area contributed by atoms with Gasteiger partial charge in [0.1, 0.15) is 23.4 Å². The van der Waals surface area contributed by atoms with Crippen molar-refractivity contribution in [2.75, 3.05) is 39.9 Å². The number of carbonyl (C=O) groups is 2. The first-order valence-corrected chi connectivity index (χ1v) is 11.4. The number of ether oxygens (including phenoxy) is 4. The van der Waals surface area contributed by atoms with E-state index in [4.69, 9.17) is 18.9 Å². The number of methoxy groups -OCH3 is 1. The lowest BCUT2D eigenvalue weighted by atomic mass is 9.68. The highest BCUT2D eigenvalue weighted by molar-refractivity contribution is 5.74. The molecule has 0 radical (unpaired) electrons. The third-order valence-corrected chi connectivity index (χ3v) is 7.47. The van der Waals surface area contributed by atoms with Crippen LogP contribution < -0.4 is 0 Å². The predicted octanol–water partition coefficient (Wildman–Crippen LogP) is 2.36. The highest BCUT2D eigenvalue weighted by Crippen LogP contribution is 2.59. The zero-order valence-corrected chi connectivity index (χ0v) is 19.4. The van der Waals surface area contributed by atoms with Crippen LogP contribution in [0.25, 0.3) is 0 Å². The number of piperazine rings is 1. The van der Waals surface area contributed by atoms with Crippen LogP contribution in [0.3, 0.4) is 0 Å². The molecule has 4 aliphatic rings. The maximum Gasteiger partial charge on any atom is 0.410 e. The van der Waals surface area contributed by atoms with Gasteiger partial charge in [0.25, 0.3) is 0 Å². The Balaban J connectivity index is 1.42. The van der Waals surface area contributed by atoms with Gasteiger partial charge in [-0.2, -0.15) is 0 Å². The van der Waals surface area contributed by atoms with E-state index >= 15 is 0 Å². The lowest BCUT2D eigenvalue weighted by Gasteiger charge is -2.43. The molecule has 4 rings (SSSR count). The number of rotatable bonds is 5. The Labute approximate surface area is 184 Å². The lowest BCUT2D eigenvalue weighted by Crippen LogP contribution is -2.57. The van der Waals surface area contributed by atoms with Crippen molar-refractivity contribution in [3.05, 3.63) is 11.6 Å². The fourth-order valence-electron chi connectivity index (χ4n) is 5.48. The Bertz CT molecular complexity index is 738. The molecule has 0 aromatic carbocycles. The first-order chi connectivity index (χ1) is 14.7. The number of allylic oxidation sites excluding steroid dienone is 1. The van der Waals surface area contributed by atoms with E-state index in [2.05, 4.69) is 26.8 Å². The van der Waals surface area contributed by atoms with Crippen LogP contribution in [0.2, 0.25) is 0 Å². The Hall–Kier alpha value is -1.64. The minimum absolute atomic E-state index is 0.0154. The Kier molecular flexibility index (Phi) is 6.09. The molecule has 2 amide bonds. The van der Waals surface area contributed by atoms with E-state index < -0.39 is 0 Å². The molecule has 4 fully saturated rings. The van der Waals surface area contributed by atoms with Crippen molar-refractivity contribution in [2.24, 2.45) is 5.92 Å². The van der Waals surface area contributed by atoms with Crippen LogP contribution in [0.5, 0.6) is 0 Å². The highest BCUT2D eigenvalue weighted by atomic mass is 16.6. The van der Waals surface area contributed by atoms with Crippen molar-refractivity contribution in [2.45, 2.75) is 76.5 Å². The van der Waals surface area contributed by atoms with Crippen LogP contribution in [-0.4, -0.2) is 91.2 Å². The molecule has 0 aromatic heterocycles. The molecule has 174 valence electrons. The molecule has 1 saturated carbocycles. The van der Waals surface area contributed by atoms with Gasteiger partial charge in [-0.15, -0.1) is 0 Å². The molecule has 0 N–H and O–H groups in total. The third kappa shape index (κ3) is 4.34. The molecule has 31 heavy (non-hydrogen) atoms. The summed E-state index contributed by atoms with van der Waals surface area (Å²) in [6.07, 6.45) is 3.80. The van der Waals surface area contributed by atoms with Crippen molar-refractivity contribution in [1.29, 1.82) is 0 Å². The summed E-state index contributed by atoms with van der Waals surface area (Å²) in [7, 11) is 1.68. The number of hydrogen-bond donors (Lipinski definition) is 0. The van der Waals surface area contributed by atoms with Gasteiger partial charge < -0.3 is 28.7 Å². The molecular weight excluding hydrogens is 400 g/mol. The average Bonchev–Trinajstić information content (AvgIpc) is 3.65. The molecule has 3 saturated heterocycles. The molecule has 0 bridgehead atoms. The van der Waals surface area contributed by atoms with E-state index in [0.717, 1.165) is 12.8 Å². The van der Waals surface area contributed by atoms with Gasteiger partial charge in [0.2, 0.25) is 5.91 Å². The SMILES string of the molecule is CO[C@H]1[C@H](C2(C)O[C@@H]2CC=C(C)C)[C@]2(CC[C@H]1OC(=O)N1CCN(C(C)=O)CC1)CO2. The molecule has 3 aliphatic heterocycles. The van der Waals surface area contributed by atoms with Gasteiger partial charge >= 0.3 is 6.09 Å². The van der Waals surface area contributed by atoms with E-state index in [1.165, 1.54) is 5.57 Å². The Morgan fingerprint density at radius 3 is 2.32 bits per heavy atom. The fraction of sp³-hybridized carbons (Fsp3) is 0.826. The van der Waals surface area contributed by atoms with Crippen LogP contribution in [0.4, 0.5) is 4.79 Å². The van der Waals surface area contributed by atoms with Crippen LogP contribution in [0.15, 0.2) is 11.6 Å². The topological polar surface area (TPSA) is 84.1 Å². The van der Waals surface area contributed by atoms with Crippen molar-refractivity contribution in [1.82, 2.24) is 9.80 Å². The zero-order valence-electron chi connectivity index (χ0n) is 19.4. The van der Waals surface area contributed by atoms with Crippen LogP contribution in [0.1, 0.15) is 47.0 Å². The summed E-state index contributed by atoms with van der Waals surface area (Å²) in [4.78, 5) is 27.8. The van der Waals surface area contributed by atoms with Crippen molar-refractivity contribution < 1.29 is 28.5 Å². The summed E-state index contributed by atoms with van der Waals surface area (Å²) in [6.45, 7) is 10.7. The summed E-state index contributed by atoms with van der Waals surface area (Å²) < 4.78 is 24.1. The zero-order chi connectivity index (χ0) is 22.4. The van der Waals surface area contributed by atoms with Crippen molar-refractivity contribution >= 4 is 12.0 Å². The minimum atomic E-state index is -0.346. The van der Waals surface area contributed by atoms with E-state index in [1.54, 1.807) is 23.8 Å². The second-order valence-corrected chi connectivity index (χ2v) is 9.79. The van der Waals surface area contributed by atoms with Gasteiger partial charge in [0.15, 0.2) is 0 Å². The molecule has 8 nitrogen and oxygen atoms in total. The first kappa shape index (κ1) is 22.6. The minimum Gasteiger partial charge on any atom is -0.443 e. The molecule has 1 unspecified atom stereocenters. The maximum atomic E-state index is 12.9. The molecule has 3 heterocycles. The van der Waals surface area contributed by atoms with Gasteiger partial charge in [0, 0.05) is 40.2 Å². The molecule has 6 atom stereocenters. The van der Waals surface area contributed by atoms with Crippen LogP contribution in [-0.2, 0) is 23.7 Å². The predicted molar refractivity (Wildman–Crippen MR) is 114 cm³/mol. The Morgan fingerprint density at radius 1 is 1.13 bits per heavy atom. The smallest absolute Gasteiger partial charge is 0.410 e. The maximum absolute atomic E-state index is 12.9. The first-order valence-electron chi connectivity index (χ1n) is 11.4. The standard InChI is InChI=1S/C23H36N2O6/c1-15(2)6-7-18-22(4,31-18)20-19(28-5)17(8-9-23(20)14-29-23)30-21(27)25-12-10-24(11-13-25)16(3)26/h6,17-20H,7-14H2,1-5H3/t17-,18-,19-,20-,22?,23+/m1/s1. The second-order valence-electron chi connectivity index (χ2n) is 9.79. The number of carbonyl (C=O) groups excluding carboxylic acids is 2. The normalized spacial score (nSPS) is 39.3. The molecule has 1 spiro atoms. The Morgan fingerprint density at radius 2 is 1.77 bits per heavy atom. The van der Waals surface area contributed by atoms with Gasteiger partial charge in [-0.25, -0.2) is 4.79 Å². The summed E-state index contributed by atoms with van der Waals surface area (Å²) >= 11 is 0. The third-order valence-electron chi connectivity index (χ3n) is 7.47. The van der Waals surface area contributed by atoms with E-state index in [9.17, 15) is 9.59 Å². The summed E-state index contributed by atoms with van der Waals surface area (Å²) in [5.41, 5.74) is 0.700. The monoisotopic (exact) mass is 436 g/mol. The van der Waals surface area contributed by atoms with Gasteiger partial charge in [-0.3, -0.25) is 4.79 Å². The lowest BCUT2D eigenvalue weighted by molar-refractivity contribution is -0.131. The van der Waals surface area contributed by atoms with Gasteiger partial charge in [-0.05, 0) is 40.0 Å². The van der Waals surface area contributed by atoms with Gasteiger partial charge in [-0.1, -0.05) is 11.6 Å². The average molecular weight is 437 g/mol. The van der Waals surface area contributed by atoms with Gasteiger partial charge in [0.05, 0.1) is 18.6 Å². The van der Waals surface area contributed by atoms with Crippen LogP contribution in [0, 0.1) is 5.92 Å². The molecule has 8 heteroatoms. The summed E-state index contributed by atoms with van der Waals surface area (Å²) in [5, 5.41) is 0. The number of hydrogen-bond acceptors (Lipinski definition) is 6. The van der Waals surface area contributed by atoms with E-state index in [0.29, 0.717) is 39.2 Å². The number of amides is 2. The highest BCUT2D eigenvalue weighted by Gasteiger charge is 2.72. The molecule has 1 aliphatic carbocycles. The quantitative estimate of drug-likeness (QED) is 0.486. The fourth-order valence-corrected chi connectivity index (χ4v) is 5.48.